The van der Waals surface area contributed by atoms with Crippen molar-refractivity contribution in [1.82, 2.24) is 16.0 Å². The first kappa shape index (κ1) is 21.6. The van der Waals surface area contributed by atoms with Gasteiger partial charge in [0, 0.05) is 35.4 Å². The SMILES string of the molecule is [N-]=[N+]=NCCOCCOCCNC(=O)CCCCC1SCC2NC(=O)NC21. The molecule has 3 atom stereocenters. The van der Waals surface area contributed by atoms with Crippen molar-refractivity contribution in [2.75, 3.05) is 45.3 Å². The molecule has 0 bridgehead atoms. The number of nitrogens with one attached hydrogen (secondary N) is 3. The van der Waals surface area contributed by atoms with E-state index < -0.39 is 0 Å². The Morgan fingerprint density at radius 2 is 2.07 bits per heavy atom. The van der Waals surface area contributed by atoms with E-state index in [0.717, 1.165) is 25.0 Å². The van der Waals surface area contributed by atoms with Crippen molar-refractivity contribution in [2.24, 2.45) is 5.11 Å². The first-order valence-corrected chi connectivity index (χ1v) is 10.4. The van der Waals surface area contributed by atoms with Crippen LogP contribution >= 0.6 is 11.8 Å². The highest BCUT2D eigenvalue weighted by atomic mass is 32.2. The summed E-state index contributed by atoms with van der Waals surface area (Å²) in [6, 6.07) is 0.431. The van der Waals surface area contributed by atoms with Crippen LogP contribution in [0.15, 0.2) is 5.11 Å². The number of fused-ring (bicyclic) bond motifs is 1. The van der Waals surface area contributed by atoms with Gasteiger partial charge in [0.05, 0.1) is 38.5 Å². The highest BCUT2D eigenvalue weighted by molar-refractivity contribution is 8.00. The number of carbonyl (C=O) groups excluding carboxylic acids is 2. The summed E-state index contributed by atoms with van der Waals surface area (Å²) in [7, 11) is 0. The highest BCUT2D eigenvalue weighted by Crippen LogP contribution is 2.33. The fourth-order valence-electron chi connectivity index (χ4n) is 3.10. The van der Waals surface area contributed by atoms with Crippen LogP contribution in [0.2, 0.25) is 0 Å². The molecule has 0 aliphatic carbocycles. The van der Waals surface area contributed by atoms with E-state index >= 15 is 0 Å². The summed E-state index contributed by atoms with van der Waals surface area (Å²) < 4.78 is 10.5. The Balaban J connectivity index is 1.38. The minimum Gasteiger partial charge on any atom is -0.379 e. The van der Waals surface area contributed by atoms with Gasteiger partial charge in [-0.25, -0.2) is 4.79 Å². The first-order valence-electron chi connectivity index (χ1n) is 9.32. The molecule has 2 saturated heterocycles. The summed E-state index contributed by atoms with van der Waals surface area (Å²) in [5.74, 6) is 1.00. The highest BCUT2D eigenvalue weighted by Gasteiger charge is 2.42. The molecule has 0 aromatic rings. The molecule has 152 valence electrons. The molecule has 2 aliphatic rings. The molecule has 0 saturated carbocycles. The van der Waals surface area contributed by atoms with Crippen LogP contribution in [0.3, 0.4) is 0 Å². The Morgan fingerprint density at radius 1 is 1.26 bits per heavy atom. The van der Waals surface area contributed by atoms with Crippen LogP contribution in [-0.4, -0.2) is 74.5 Å². The molecular formula is C16H28N6O4S. The van der Waals surface area contributed by atoms with Gasteiger partial charge in [-0.3, -0.25) is 4.79 Å². The van der Waals surface area contributed by atoms with Gasteiger partial charge in [-0.2, -0.15) is 11.8 Å². The van der Waals surface area contributed by atoms with Crippen molar-refractivity contribution in [2.45, 2.75) is 43.0 Å². The smallest absolute Gasteiger partial charge is 0.315 e. The summed E-state index contributed by atoms with van der Waals surface area (Å²) in [6.07, 6.45) is 3.36. The number of ether oxygens (including phenoxy) is 2. The number of urea groups is 1. The Labute approximate surface area is 163 Å². The molecule has 3 amide bonds. The summed E-state index contributed by atoms with van der Waals surface area (Å²) in [5, 5.41) is 12.6. The Morgan fingerprint density at radius 3 is 2.89 bits per heavy atom. The summed E-state index contributed by atoms with van der Waals surface area (Å²) in [5.41, 5.74) is 8.10. The molecule has 2 heterocycles. The standard InChI is InChI=1S/C16H28N6O4S/c17-22-19-6-8-26-10-9-25-7-5-18-14(23)4-2-1-3-13-15-12(11-27-13)20-16(24)21-15/h12-13,15H,1-11H2,(H,18,23)(H2,20,21,24). The molecule has 3 unspecified atom stereocenters. The zero-order valence-corrected chi connectivity index (χ0v) is 16.2. The van der Waals surface area contributed by atoms with E-state index in [-0.39, 0.29) is 24.0 Å². The predicted molar refractivity (Wildman–Crippen MR) is 103 cm³/mol. The van der Waals surface area contributed by atoms with Crippen LogP contribution in [0.25, 0.3) is 10.4 Å². The molecule has 0 spiro atoms. The molecule has 0 aromatic heterocycles. The van der Waals surface area contributed by atoms with Gasteiger partial charge >= 0.3 is 6.03 Å². The Kier molecular flexibility index (Phi) is 10.1. The zero-order chi connectivity index (χ0) is 19.3. The number of hydrogen-bond donors (Lipinski definition) is 3. The lowest BCUT2D eigenvalue weighted by atomic mass is 10.0. The van der Waals surface area contributed by atoms with E-state index in [1.165, 1.54) is 0 Å². The lowest BCUT2D eigenvalue weighted by molar-refractivity contribution is -0.121. The van der Waals surface area contributed by atoms with Crippen molar-refractivity contribution >= 4 is 23.7 Å². The molecule has 10 nitrogen and oxygen atoms in total. The Hall–Kier alpha value is -1.68. The number of rotatable bonds is 14. The molecule has 0 radical (unpaired) electrons. The van der Waals surface area contributed by atoms with Gasteiger partial charge in [-0.1, -0.05) is 11.5 Å². The van der Waals surface area contributed by atoms with Gasteiger partial charge in [0.15, 0.2) is 0 Å². The molecule has 2 rings (SSSR count). The lowest BCUT2D eigenvalue weighted by Gasteiger charge is -2.16. The average Bonchev–Trinajstić information content (AvgIpc) is 3.20. The number of nitrogens with zero attached hydrogens (tertiary/aromatic N) is 3. The van der Waals surface area contributed by atoms with Crippen molar-refractivity contribution in [3.05, 3.63) is 10.4 Å². The Bertz CT molecular complexity index is 531. The normalized spacial score (nSPS) is 23.3. The quantitative estimate of drug-likeness (QED) is 0.132. The van der Waals surface area contributed by atoms with Crippen LogP contribution in [0.5, 0.6) is 0 Å². The molecular weight excluding hydrogens is 372 g/mol. The molecule has 11 heteroatoms. The van der Waals surface area contributed by atoms with Gasteiger partial charge in [0.2, 0.25) is 5.91 Å². The summed E-state index contributed by atoms with van der Waals surface area (Å²) in [6.45, 7) is 2.51. The van der Waals surface area contributed by atoms with Crippen molar-refractivity contribution in [3.8, 4) is 0 Å². The second-order valence-corrected chi connectivity index (χ2v) is 7.67. The minimum absolute atomic E-state index is 0.0389. The van der Waals surface area contributed by atoms with Crippen LogP contribution in [0.1, 0.15) is 25.7 Å². The second-order valence-electron chi connectivity index (χ2n) is 6.40. The van der Waals surface area contributed by atoms with Gasteiger partial charge in [0.1, 0.15) is 0 Å². The maximum absolute atomic E-state index is 11.8. The zero-order valence-electron chi connectivity index (χ0n) is 15.4. The number of thioether (sulfide) groups is 1. The van der Waals surface area contributed by atoms with Crippen LogP contribution in [0.4, 0.5) is 4.79 Å². The van der Waals surface area contributed by atoms with Crippen LogP contribution in [0, 0.1) is 0 Å². The fourth-order valence-corrected chi connectivity index (χ4v) is 4.64. The van der Waals surface area contributed by atoms with Gasteiger partial charge in [-0.05, 0) is 18.4 Å². The number of amides is 3. The molecule has 2 aliphatic heterocycles. The average molecular weight is 401 g/mol. The maximum atomic E-state index is 11.8. The molecule has 0 aromatic carbocycles. The number of carbonyl (C=O) groups is 2. The van der Waals surface area contributed by atoms with E-state index in [4.69, 9.17) is 15.0 Å². The van der Waals surface area contributed by atoms with Crippen LogP contribution < -0.4 is 16.0 Å². The molecule has 2 fully saturated rings. The van der Waals surface area contributed by atoms with Crippen molar-refractivity contribution in [3.63, 3.8) is 0 Å². The van der Waals surface area contributed by atoms with Gasteiger partial charge in [-0.15, -0.1) is 0 Å². The largest absolute Gasteiger partial charge is 0.379 e. The topological polar surface area (TPSA) is 137 Å². The third kappa shape index (κ3) is 8.25. The predicted octanol–water partition coefficient (Wildman–Crippen LogP) is 1.17. The van der Waals surface area contributed by atoms with E-state index in [2.05, 4.69) is 26.0 Å². The van der Waals surface area contributed by atoms with E-state index in [9.17, 15) is 9.59 Å². The fraction of sp³-hybridized carbons (Fsp3) is 0.875. The third-order valence-electron chi connectivity index (χ3n) is 4.42. The second kappa shape index (κ2) is 12.7. The summed E-state index contributed by atoms with van der Waals surface area (Å²) >= 11 is 1.90. The van der Waals surface area contributed by atoms with E-state index in [1.54, 1.807) is 0 Å². The van der Waals surface area contributed by atoms with Crippen molar-refractivity contribution < 1.29 is 19.1 Å². The lowest BCUT2D eigenvalue weighted by Crippen LogP contribution is -2.36. The molecule has 3 N–H and O–H groups in total. The van der Waals surface area contributed by atoms with E-state index in [0.29, 0.717) is 51.2 Å². The van der Waals surface area contributed by atoms with E-state index in [1.807, 2.05) is 11.8 Å². The van der Waals surface area contributed by atoms with Crippen LogP contribution in [-0.2, 0) is 14.3 Å². The number of hydrogen-bond acceptors (Lipinski definition) is 6. The molecule has 27 heavy (non-hydrogen) atoms. The first-order chi connectivity index (χ1) is 13.2. The summed E-state index contributed by atoms with van der Waals surface area (Å²) in [4.78, 5) is 25.8. The van der Waals surface area contributed by atoms with Crippen molar-refractivity contribution in [1.29, 1.82) is 0 Å². The maximum Gasteiger partial charge on any atom is 0.315 e. The monoisotopic (exact) mass is 400 g/mol. The van der Waals surface area contributed by atoms with Gasteiger partial charge in [0.25, 0.3) is 0 Å². The minimum atomic E-state index is -0.0587. The van der Waals surface area contributed by atoms with Gasteiger partial charge < -0.3 is 25.4 Å². The number of unbranched alkanes of at least 4 members (excludes halogenated alkanes) is 1. The number of azide groups is 1. The third-order valence-corrected chi connectivity index (χ3v) is 5.93.